The Morgan fingerprint density at radius 1 is 0.946 bits per heavy atom. The second kappa shape index (κ2) is 13.2. The van der Waals surface area contributed by atoms with Crippen molar-refractivity contribution < 1.29 is 44.1 Å². The van der Waals surface area contributed by atoms with Gasteiger partial charge in [0.15, 0.2) is 17.0 Å². The fraction of sp³-hybridized carbons (Fsp3) is 0.414. The second-order valence-corrected chi connectivity index (χ2v) is 9.88. The Bertz CT molecular complexity index is 1260. The van der Waals surface area contributed by atoms with Gasteiger partial charge in [-0.3, -0.25) is 0 Å². The fourth-order valence-corrected chi connectivity index (χ4v) is 4.96. The van der Waals surface area contributed by atoms with Crippen LogP contribution in [0.1, 0.15) is 58.1 Å². The maximum atomic E-state index is 4.88. The van der Waals surface area contributed by atoms with E-state index < -0.39 is 0 Å². The molecule has 1 aliphatic rings. The van der Waals surface area contributed by atoms with Crippen molar-refractivity contribution >= 4 is 22.9 Å². The molecular formula is C29H36AcN7-. The zero-order valence-electron chi connectivity index (χ0n) is 22.1. The predicted molar refractivity (Wildman–Crippen MR) is 148 cm³/mol. The monoisotopic (exact) mass is 709 g/mol. The van der Waals surface area contributed by atoms with Gasteiger partial charge in [-0.05, 0) is 43.4 Å². The Morgan fingerprint density at radius 2 is 1.65 bits per heavy atom. The molecule has 0 bridgehead atoms. The Morgan fingerprint density at radius 3 is 2.32 bits per heavy atom. The molecule has 37 heavy (non-hydrogen) atoms. The molecule has 1 radical (unpaired) electrons. The first-order valence-electron chi connectivity index (χ1n) is 13.2. The summed E-state index contributed by atoms with van der Waals surface area (Å²) in [5.74, 6) is 1.44. The average molecular weight is 710 g/mol. The van der Waals surface area contributed by atoms with Crippen LogP contribution in [0.15, 0.2) is 60.9 Å². The number of benzene rings is 2. The van der Waals surface area contributed by atoms with E-state index in [-0.39, 0.29) is 50.1 Å². The first-order chi connectivity index (χ1) is 17.6. The number of nitrogens with zero attached hydrogens (tertiary/aromatic N) is 5. The van der Waals surface area contributed by atoms with Crippen LogP contribution in [0.2, 0.25) is 0 Å². The zero-order chi connectivity index (χ0) is 24.9. The van der Waals surface area contributed by atoms with Gasteiger partial charge in [-0.25, -0.2) is 4.98 Å². The zero-order valence-corrected chi connectivity index (χ0v) is 26.8. The maximum Gasteiger partial charge on any atom is 0.227 e. The van der Waals surface area contributed by atoms with E-state index >= 15 is 0 Å². The Balaban J connectivity index is 0.00000320. The van der Waals surface area contributed by atoms with Crippen molar-refractivity contribution in [2.45, 2.75) is 71.1 Å². The predicted octanol–water partition coefficient (Wildman–Crippen LogP) is 6.80. The van der Waals surface area contributed by atoms with Crippen LogP contribution in [0.25, 0.3) is 27.6 Å². The SMILES string of the molecule is CC[N-]C1CCC(Nc2nc(NCc3ccc(-c4ccccc4)cc3)c3ncn(C(C)C)c3n2)CC1.[Ac]. The van der Waals surface area contributed by atoms with Gasteiger partial charge < -0.3 is 20.5 Å². The van der Waals surface area contributed by atoms with Gasteiger partial charge in [0.2, 0.25) is 5.95 Å². The number of fused-ring (bicyclic) bond motifs is 1. The number of hydrogen-bond donors (Lipinski definition) is 2. The van der Waals surface area contributed by atoms with Crippen molar-refractivity contribution in [3.05, 3.63) is 71.8 Å². The molecule has 0 amide bonds. The number of rotatable bonds is 9. The van der Waals surface area contributed by atoms with E-state index in [1.165, 1.54) is 16.7 Å². The van der Waals surface area contributed by atoms with Gasteiger partial charge in [0.1, 0.15) is 0 Å². The molecule has 2 aromatic heterocycles. The average Bonchev–Trinajstić information content (AvgIpc) is 3.34. The molecule has 7 nitrogen and oxygen atoms in total. The van der Waals surface area contributed by atoms with Gasteiger partial charge in [0.25, 0.3) is 0 Å². The molecule has 4 aromatic rings. The van der Waals surface area contributed by atoms with Crippen LogP contribution in [0.4, 0.5) is 11.8 Å². The summed E-state index contributed by atoms with van der Waals surface area (Å²) < 4.78 is 2.11. The molecule has 1 saturated carbocycles. The van der Waals surface area contributed by atoms with Crippen LogP contribution >= 0.6 is 0 Å². The maximum absolute atomic E-state index is 4.88. The van der Waals surface area contributed by atoms with Crippen molar-refractivity contribution in [2.24, 2.45) is 0 Å². The van der Waals surface area contributed by atoms with Crippen LogP contribution in [-0.4, -0.2) is 38.1 Å². The molecule has 5 rings (SSSR count). The molecule has 191 valence electrons. The van der Waals surface area contributed by atoms with Crippen LogP contribution in [0.5, 0.6) is 0 Å². The summed E-state index contributed by atoms with van der Waals surface area (Å²) in [5, 5.41) is 11.8. The molecule has 1 fully saturated rings. The number of hydrogen-bond acceptors (Lipinski definition) is 5. The van der Waals surface area contributed by atoms with E-state index in [0.717, 1.165) is 49.2 Å². The summed E-state index contributed by atoms with van der Waals surface area (Å²) in [6.45, 7) is 7.99. The van der Waals surface area contributed by atoms with Crippen LogP contribution in [-0.2, 0) is 6.54 Å². The van der Waals surface area contributed by atoms with Crippen LogP contribution in [0.3, 0.4) is 0 Å². The van der Waals surface area contributed by atoms with Gasteiger partial charge >= 0.3 is 0 Å². The number of nitrogens with one attached hydrogen (secondary N) is 2. The molecule has 2 N–H and O–H groups in total. The summed E-state index contributed by atoms with van der Waals surface area (Å²) in [4.78, 5) is 14.4. The Kier molecular flexibility index (Phi) is 9.97. The topological polar surface area (TPSA) is 81.8 Å². The third kappa shape index (κ3) is 6.90. The van der Waals surface area contributed by atoms with E-state index in [4.69, 9.17) is 15.3 Å². The summed E-state index contributed by atoms with van der Waals surface area (Å²) >= 11 is 0. The minimum atomic E-state index is 0. The second-order valence-electron chi connectivity index (χ2n) is 9.88. The Hall–Kier alpha value is -2.01. The molecule has 0 spiro atoms. The molecule has 0 unspecified atom stereocenters. The van der Waals surface area contributed by atoms with Gasteiger partial charge in [0.05, 0.1) is 6.33 Å². The van der Waals surface area contributed by atoms with Crippen LogP contribution < -0.4 is 10.6 Å². The molecule has 1 aliphatic carbocycles. The largest absolute Gasteiger partial charge is 0.660 e. The van der Waals surface area contributed by atoms with Crippen molar-refractivity contribution in [3.63, 3.8) is 0 Å². The smallest absolute Gasteiger partial charge is 0.227 e. The van der Waals surface area contributed by atoms with Gasteiger partial charge in [-0.2, -0.15) is 16.5 Å². The van der Waals surface area contributed by atoms with Crippen molar-refractivity contribution in [1.29, 1.82) is 0 Å². The van der Waals surface area contributed by atoms with Crippen molar-refractivity contribution in [1.82, 2.24) is 19.5 Å². The minimum absolute atomic E-state index is 0. The van der Waals surface area contributed by atoms with Gasteiger partial charge in [0, 0.05) is 62.7 Å². The quantitative estimate of drug-likeness (QED) is 0.200. The number of anilines is 2. The van der Waals surface area contributed by atoms with E-state index in [9.17, 15) is 0 Å². The molecule has 0 aliphatic heterocycles. The summed E-state index contributed by atoms with van der Waals surface area (Å²) in [6, 6.07) is 20.3. The van der Waals surface area contributed by atoms with E-state index in [1.54, 1.807) is 0 Å². The van der Waals surface area contributed by atoms with E-state index in [1.807, 2.05) is 12.4 Å². The standard InChI is InChI=1S/C29H36N7.Ac/c1-4-30-24-14-16-25(17-15-24)33-29-34-27(26-28(35-29)36(19-32-26)20(2)3)31-18-21-10-12-23(13-11-21)22-8-6-5-7-9-22;/h5-13,19-20,24-25H,4,14-18H2,1-3H3,(H2,31,33,34,35);/q-1;. The van der Waals surface area contributed by atoms with Gasteiger partial charge in [-0.1, -0.05) is 74.4 Å². The minimum Gasteiger partial charge on any atom is -0.660 e. The number of imidazole rings is 1. The molecule has 2 aromatic carbocycles. The molecular weight excluding hydrogens is 673 g/mol. The van der Waals surface area contributed by atoms with Crippen molar-refractivity contribution in [3.8, 4) is 11.1 Å². The normalized spacial score (nSPS) is 17.5. The molecule has 0 atom stereocenters. The van der Waals surface area contributed by atoms with Gasteiger partial charge in [-0.15, -0.1) is 6.04 Å². The first kappa shape index (κ1) is 28.0. The number of aromatic nitrogens is 4. The Labute approximate surface area is 255 Å². The summed E-state index contributed by atoms with van der Waals surface area (Å²) in [7, 11) is 0. The third-order valence-electron chi connectivity index (χ3n) is 6.97. The van der Waals surface area contributed by atoms with Crippen LogP contribution in [0, 0.1) is 44.1 Å². The van der Waals surface area contributed by atoms with Crippen molar-refractivity contribution in [2.75, 3.05) is 17.2 Å². The van der Waals surface area contributed by atoms with E-state index in [0.29, 0.717) is 24.6 Å². The van der Waals surface area contributed by atoms with E-state index in [2.05, 4.69) is 89.5 Å². The summed E-state index contributed by atoms with van der Waals surface area (Å²) in [5.41, 5.74) is 5.30. The third-order valence-corrected chi connectivity index (χ3v) is 6.97. The molecule has 8 heteroatoms. The molecule has 0 saturated heterocycles. The fourth-order valence-electron chi connectivity index (χ4n) is 4.96. The summed E-state index contributed by atoms with van der Waals surface area (Å²) in [6.07, 6.45) is 6.31. The molecule has 2 heterocycles. The first-order valence-corrected chi connectivity index (χ1v) is 13.2.